The average Bonchev–Trinajstić information content (AvgIpc) is 2.60. The molecule has 4 nitrogen and oxygen atoms in total. The highest BCUT2D eigenvalue weighted by Crippen LogP contribution is 2.42. The number of hydrogen-bond donors (Lipinski definition) is 1. The number of carbonyl (C=O) groups is 1. The topological polar surface area (TPSA) is 61.6 Å². The Morgan fingerprint density at radius 2 is 2.28 bits per heavy atom. The molecule has 98 valence electrons. The van der Waals surface area contributed by atoms with Crippen molar-refractivity contribution in [1.29, 1.82) is 0 Å². The Bertz CT molecular complexity index is 468. The molecule has 0 radical (unpaired) electrons. The van der Waals surface area contributed by atoms with Crippen LogP contribution in [0.2, 0.25) is 0 Å². The molecule has 0 saturated heterocycles. The van der Waals surface area contributed by atoms with Crippen molar-refractivity contribution in [2.75, 3.05) is 0 Å². The van der Waals surface area contributed by atoms with Crippen LogP contribution in [0, 0.1) is 0 Å². The van der Waals surface area contributed by atoms with Crippen LogP contribution in [-0.4, -0.2) is 17.6 Å². The molecule has 18 heavy (non-hydrogen) atoms. The lowest BCUT2D eigenvalue weighted by Gasteiger charge is -2.20. The van der Waals surface area contributed by atoms with Gasteiger partial charge in [-0.15, -0.1) is 0 Å². The van der Waals surface area contributed by atoms with E-state index in [4.69, 9.17) is 15.2 Å². The predicted molar refractivity (Wildman–Crippen MR) is 68.8 cm³/mol. The monoisotopic (exact) mass is 249 g/mol. The zero-order valence-electron chi connectivity index (χ0n) is 11.0. The first-order chi connectivity index (χ1) is 8.43. The number of benzene rings is 1. The molecule has 1 atom stereocenters. The van der Waals surface area contributed by atoms with Gasteiger partial charge in [-0.3, -0.25) is 4.79 Å². The molecule has 1 aliphatic heterocycles. The zero-order chi connectivity index (χ0) is 13.3. The minimum Gasteiger partial charge on any atom is -0.483 e. The van der Waals surface area contributed by atoms with Crippen molar-refractivity contribution in [1.82, 2.24) is 0 Å². The van der Waals surface area contributed by atoms with Crippen LogP contribution in [0.3, 0.4) is 0 Å². The van der Waals surface area contributed by atoms with Crippen LogP contribution >= 0.6 is 0 Å². The van der Waals surface area contributed by atoms with E-state index in [0.717, 1.165) is 17.7 Å². The van der Waals surface area contributed by atoms with Crippen molar-refractivity contribution in [3.63, 3.8) is 0 Å². The minimum absolute atomic E-state index is 0.226. The minimum atomic E-state index is -0.608. The van der Waals surface area contributed by atoms with Gasteiger partial charge in [-0.05, 0) is 26.3 Å². The molecule has 1 aromatic carbocycles. The van der Waals surface area contributed by atoms with Gasteiger partial charge in [0.15, 0.2) is 17.6 Å². The number of amides is 1. The van der Waals surface area contributed by atoms with Crippen LogP contribution in [0.5, 0.6) is 11.5 Å². The molecule has 0 saturated carbocycles. The summed E-state index contributed by atoms with van der Waals surface area (Å²) in [5, 5.41) is 0. The van der Waals surface area contributed by atoms with E-state index in [9.17, 15) is 4.79 Å². The molecule has 1 heterocycles. The number of ether oxygens (including phenoxy) is 2. The summed E-state index contributed by atoms with van der Waals surface area (Å²) >= 11 is 0. The van der Waals surface area contributed by atoms with Crippen molar-refractivity contribution < 1.29 is 14.3 Å². The third-order valence-electron chi connectivity index (χ3n) is 3.01. The maximum Gasteiger partial charge on any atom is 0.258 e. The standard InChI is InChI=1S/C14H19NO3/c1-4-10(13(15)16)17-11-7-5-6-9-8-14(2,3)18-12(9)11/h5-7,10H,4,8H2,1-3H3,(H2,15,16). The lowest BCUT2D eigenvalue weighted by molar-refractivity contribution is -0.124. The highest BCUT2D eigenvalue weighted by molar-refractivity contribution is 5.79. The van der Waals surface area contributed by atoms with Crippen LogP contribution in [0.4, 0.5) is 0 Å². The fourth-order valence-corrected chi connectivity index (χ4v) is 2.18. The van der Waals surface area contributed by atoms with Crippen LogP contribution in [0.15, 0.2) is 18.2 Å². The van der Waals surface area contributed by atoms with Crippen molar-refractivity contribution in [2.24, 2.45) is 5.73 Å². The van der Waals surface area contributed by atoms with Gasteiger partial charge < -0.3 is 15.2 Å². The number of carbonyl (C=O) groups excluding carboxylic acids is 1. The van der Waals surface area contributed by atoms with E-state index in [2.05, 4.69) is 0 Å². The molecule has 0 fully saturated rings. The predicted octanol–water partition coefficient (Wildman–Crippen LogP) is 2.04. The summed E-state index contributed by atoms with van der Waals surface area (Å²) < 4.78 is 11.5. The third-order valence-corrected chi connectivity index (χ3v) is 3.01. The van der Waals surface area contributed by atoms with Crippen LogP contribution in [-0.2, 0) is 11.2 Å². The van der Waals surface area contributed by atoms with E-state index in [0.29, 0.717) is 12.2 Å². The lowest BCUT2D eigenvalue weighted by Crippen LogP contribution is -2.33. The summed E-state index contributed by atoms with van der Waals surface area (Å²) in [5.74, 6) is 0.887. The Balaban J connectivity index is 2.27. The van der Waals surface area contributed by atoms with Crippen LogP contribution in [0.1, 0.15) is 32.8 Å². The number of fused-ring (bicyclic) bond motifs is 1. The number of rotatable bonds is 4. The zero-order valence-corrected chi connectivity index (χ0v) is 11.0. The number of para-hydroxylation sites is 1. The molecule has 4 heteroatoms. The maximum absolute atomic E-state index is 11.2. The molecule has 0 aliphatic carbocycles. The first-order valence-electron chi connectivity index (χ1n) is 6.20. The molecular weight excluding hydrogens is 230 g/mol. The molecule has 2 rings (SSSR count). The van der Waals surface area contributed by atoms with Gasteiger partial charge in [0, 0.05) is 12.0 Å². The Kier molecular flexibility index (Phi) is 3.20. The van der Waals surface area contributed by atoms with Crippen molar-refractivity contribution >= 4 is 5.91 Å². The van der Waals surface area contributed by atoms with E-state index in [-0.39, 0.29) is 5.60 Å². The molecular formula is C14H19NO3. The maximum atomic E-state index is 11.2. The van der Waals surface area contributed by atoms with Gasteiger partial charge in [0.2, 0.25) is 0 Å². The van der Waals surface area contributed by atoms with E-state index < -0.39 is 12.0 Å². The highest BCUT2D eigenvalue weighted by atomic mass is 16.5. The highest BCUT2D eigenvalue weighted by Gasteiger charge is 2.33. The van der Waals surface area contributed by atoms with Crippen LogP contribution in [0.25, 0.3) is 0 Å². The van der Waals surface area contributed by atoms with Crippen molar-refractivity contribution in [3.05, 3.63) is 23.8 Å². The largest absolute Gasteiger partial charge is 0.483 e. The second-order valence-electron chi connectivity index (χ2n) is 5.20. The molecule has 0 spiro atoms. The van der Waals surface area contributed by atoms with Gasteiger partial charge in [0.05, 0.1) is 0 Å². The third kappa shape index (κ3) is 2.42. The molecule has 0 aromatic heterocycles. The number of primary amides is 1. The number of hydrogen-bond acceptors (Lipinski definition) is 3. The van der Waals surface area contributed by atoms with E-state index in [1.165, 1.54) is 0 Å². The van der Waals surface area contributed by atoms with E-state index >= 15 is 0 Å². The Labute approximate surface area is 107 Å². The summed E-state index contributed by atoms with van der Waals surface area (Å²) in [6.07, 6.45) is 0.777. The summed E-state index contributed by atoms with van der Waals surface area (Å²) in [5.41, 5.74) is 6.17. The number of nitrogens with two attached hydrogens (primary N) is 1. The molecule has 1 aromatic rings. The first-order valence-corrected chi connectivity index (χ1v) is 6.20. The van der Waals surface area contributed by atoms with E-state index in [1.54, 1.807) is 0 Å². The van der Waals surface area contributed by atoms with Crippen LogP contribution < -0.4 is 15.2 Å². The van der Waals surface area contributed by atoms with Gasteiger partial charge in [-0.2, -0.15) is 0 Å². The Morgan fingerprint density at radius 1 is 1.56 bits per heavy atom. The second-order valence-corrected chi connectivity index (χ2v) is 5.20. The smallest absolute Gasteiger partial charge is 0.258 e. The normalized spacial score (nSPS) is 17.7. The molecule has 1 amide bonds. The van der Waals surface area contributed by atoms with Gasteiger partial charge >= 0.3 is 0 Å². The fourth-order valence-electron chi connectivity index (χ4n) is 2.18. The molecule has 1 unspecified atom stereocenters. The van der Waals surface area contributed by atoms with Gasteiger partial charge in [-0.25, -0.2) is 0 Å². The summed E-state index contributed by atoms with van der Waals surface area (Å²) in [6, 6.07) is 5.74. The summed E-state index contributed by atoms with van der Waals surface area (Å²) in [7, 11) is 0. The average molecular weight is 249 g/mol. The second kappa shape index (κ2) is 4.52. The molecule has 1 aliphatic rings. The fraction of sp³-hybridized carbons (Fsp3) is 0.500. The van der Waals surface area contributed by atoms with Gasteiger partial charge in [-0.1, -0.05) is 19.1 Å². The van der Waals surface area contributed by atoms with Gasteiger partial charge in [0.25, 0.3) is 5.91 Å². The Morgan fingerprint density at radius 3 is 2.89 bits per heavy atom. The molecule has 0 bridgehead atoms. The van der Waals surface area contributed by atoms with E-state index in [1.807, 2.05) is 39.0 Å². The molecule has 2 N–H and O–H groups in total. The first kappa shape index (κ1) is 12.7. The van der Waals surface area contributed by atoms with Crippen molar-refractivity contribution in [2.45, 2.75) is 45.3 Å². The van der Waals surface area contributed by atoms with Crippen molar-refractivity contribution in [3.8, 4) is 11.5 Å². The quantitative estimate of drug-likeness (QED) is 0.888. The summed E-state index contributed by atoms with van der Waals surface area (Å²) in [6.45, 7) is 5.92. The Hall–Kier alpha value is -1.71. The lowest BCUT2D eigenvalue weighted by atomic mass is 10.0. The SMILES string of the molecule is CCC(Oc1cccc2c1OC(C)(C)C2)C(N)=O. The summed E-state index contributed by atoms with van der Waals surface area (Å²) in [4.78, 5) is 11.2. The van der Waals surface area contributed by atoms with Gasteiger partial charge in [0.1, 0.15) is 5.60 Å².